The second-order valence-corrected chi connectivity index (χ2v) is 6.96. The van der Waals surface area contributed by atoms with E-state index in [0.717, 1.165) is 0 Å². The van der Waals surface area contributed by atoms with Crippen molar-refractivity contribution >= 4 is 44.2 Å². The van der Waals surface area contributed by atoms with Crippen molar-refractivity contribution < 1.29 is 18.3 Å². The van der Waals surface area contributed by atoms with E-state index in [4.69, 9.17) is 11.6 Å². The van der Waals surface area contributed by atoms with E-state index in [1.807, 2.05) is 0 Å². The lowest BCUT2D eigenvalue weighted by molar-refractivity contribution is 0.0698. The van der Waals surface area contributed by atoms with Crippen LogP contribution in [0.25, 0.3) is 10.9 Å². The van der Waals surface area contributed by atoms with E-state index in [1.165, 1.54) is 30.5 Å². The Morgan fingerprint density at radius 1 is 1.08 bits per heavy atom. The summed E-state index contributed by atoms with van der Waals surface area (Å²) in [7, 11) is -4.05. The molecule has 122 valence electrons. The molecule has 3 rings (SSSR count). The van der Waals surface area contributed by atoms with E-state index < -0.39 is 16.0 Å². The lowest BCUT2D eigenvalue weighted by Gasteiger charge is -2.12. The lowest BCUT2D eigenvalue weighted by atomic mass is 10.2. The molecule has 3 aromatic rings. The molecule has 0 aliphatic heterocycles. The van der Waals surface area contributed by atoms with Gasteiger partial charge in [-0.05, 0) is 24.3 Å². The number of hydrogen-bond acceptors (Lipinski definition) is 4. The van der Waals surface area contributed by atoms with Gasteiger partial charge >= 0.3 is 5.97 Å². The molecule has 6 nitrogen and oxygen atoms in total. The number of anilines is 1. The molecular weight excluding hydrogens is 352 g/mol. The van der Waals surface area contributed by atoms with Crippen molar-refractivity contribution in [1.82, 2.24) is 4.98 Å². The molecule has 0 bridgehead atoms. The van der Waals surface area contributed by atoms with Crippen LogP contribution in [0, 0.1) is 0 Å². The summed E-state index contributed by atoms with van der Waals surface area (Å²) in [5.74, 6) is -1.32. The predicted octanol–water partition coefficient (Wildman–Crippen LogP) is 3.39. The van der Waals surface area contributed by atoms with Crippen molar-refractivity contribution in [1.29, 1.82) is 0 Å². The molecule has 0 amide bonds. The molecule has 0 atom stereocenters. The maximum absolute atomic E-state index is 12.7. The number of carboxylic acids is 1. The van der Waals surface area contributed by atoms with Crippen LogP contribution < -0.4 is 4.72 Å². The SMILES string of the molecule is O=C(O)c1c(Cl)cccc1NS(=O)(=O)c1cccc2cccnc12. The molecule has 0 aliphatic rings. The average Bonchev–Trinajstić information content (AvgIpc) is 2.53. The van der Waals surface area contributed by atoms with Gasteiger partial charge in [0, 0.05) is 11.6 Å². The largest absolute Gasteiger partial charge is 0.478 e. The predicted molar refractivity (Wildman–Crippen MR) is 91.0 cm³/mol. The Hall–Kier alpha value is -2.64. The molecule has 0 fully saturated rings. The molecule has 0 aliphatic carbocycles. The lowest BCUT2D eigenvalue weighted by Crippen LogP contribution is -2.16. The smallest absolute Gasteiger partial charge is 0.339 e. The number of para-hydroxylation sites is 1. The number of hydrogen-bond donors (Lipinski definition) is 2. The fourth-order valence-corrected chi connectivity index (χ4v) is 3.83. The van der Waals surface area contributed by atoms with Crippen LogP contribution in [-0.4, -0.2) is 24.5 Å². The summed E-state index contributed by atoms with van der Waals surface area (Å²) >= 11 is 5.87. The minimum atomic E-state index is -4.05. The summed E-state index contributed by atoms with van der Waals surface area (Å²) in [6.45, 7) is 0. The number of sulfonamides is 1. The van der Waals surface area contributed by atoms with Gasteiger partial charge < -0.3 is 5.11 Å². The topological polar surface area (TPSA) is 96.4 Å². The third-order valence-corrected chi connectivity index (χ3v) is 5.07. The highest BCUT2D eigenvalue weighted by Crippen LogP contribution is 2.28. The molecule has 24 heavy (non-hydrogen) atoms. The van der Waals surface area contributed by atoms with Crippen LogP contribution in [0.5, 0.6) is 0 Å². The second kappa shape index (κ2) is 6.10. The molecule has 2 N–H and O–H groups in total. The summed E-state index contributed by atoms with van der Waals surface area (Å²) < 4.78 is 27.7. The number of rotatable bonds is 4. The number of benzene rings is 2. The van der Waals surface area contributed by atoms with Crippen molar-refractivity contribution in [3.63, 3.8) is 0 Å². The summed E-state index contributed by atoms with van der Waals surface area (Å²) in [4.78, 5) is 15.4. The number of carboxylic acid groups (broad SMARTS) is 1. The van der Waals surface area contributed by atoms with Crippen LogP contribution in [0.2, 0.25) is 5.02 Å². The van der Waals surface area contributed by atoms with Gasteiger partial charge in [-0.3, -0.25) is 9.71 Å². The fraction of sp³-hybridized carbons (Fsp3) is 0. The van der Waals surface area contributed by atoms with E-state index in [9.17, 15) is 18.3 Å². The van der Waals surface area contributed by atoms with Crippen LogP contribution >= 0.6 is 11.6 Å². The first-order chi connectivity index (χ1) is 11.4. The number of carbonyl (C=O) groups is 1. The normalized spacial score (nSPS) is 11.4. The third kappa shape index (κ3) is 2.91. The number of aromatic carboxylic acids is 1. The highest BCUT2D eigenvalue weighted by Gasteiger charge is 2.22. The zero-order valence-electron chi connectivity index (χ0n) is 12.1. The van der Waals surface area contributed by atoms with Gasteiger partial charge in [0.25, 0.3) is 10.0 Å². The molecule has 0 radical (unpaired) electrons. The second-order valence-electron chi connectivity index (χ2n) is 4.90. The Morgan fingerprint density at radius 3 is 2.54 bits per heavy atom. The molecule has 1 aromatic heterocycles. The molecule has 0 unspecified atom stereocenters. The maximum Gasteiger partial charge on any atom is 0.339 e. The zero-order valence-corrected chi connectivity index (χ0v) is 13.7. The Balaban J connectivity index is 2.13. The van der Waals surface area contributed by atoms with E-state index >= 15 is 0 Å². The van der Waals surface area contributed by atoms with Crippen molar-refractivity contribution in [2.75, 3.05) is 4.72 Å². The highest BCUT2D eigenvalue weighted by atomic mass is 35.5. The minimum absolute atomic E-state index is 0.0445. The van der Waals surface area contributed by atoms with Gasteiger partial charge in [-0.1, -0.05) is 35.9 Å². The number of aromatic nitrogens is 1. The Kier molecular flexibility index (Phi) is 4.13. The van der Waals surface area contributed by atoms with Gasteiger partial charge in [0.05, 0.1) is 16.2 Å². The van der Waals surface area contributed by atoms with E-state index in [2.05, 4.69) is 9.71 Å². The summed E-state index contributed by atoms with van der Waals surface area (Å²) in [6.07, 6.45) is 1.49. The third-order valence-electron chi connectivity index (χ3n) is 3.36. The highest BCUT2D eigenvalue weighted by molar-refractivity contribution is 7.93. The van der Waals surface area contributed by atoms with Gasteiger partial charge in [0.1, 0.15) is 10.5 Å². The number of halogens is 1. The first kappa shape index (κ1) is 16.2. The Morgan fingerprint density at radius 2 is 1.79 bits per heavy atom. The van der Waals surface area contributed by atoms with Gasteiger partial charge in [0.2, 0.25) is 0 Å². The van der Waals surface area contributed by atoms with E-state index in [1.54, 1.807) is 24.3 Å². The van der Waals surface area contributed by atoms with Crippen LogP contribution in [-0.2, 0) is 10.0 Å². The quantitative estimate of drug-likeness (QED) is 0.741. The molecule has 0 spiro atoms. The first-order valence-corrected chi connectivity index (χ1v) is 8.64. The van der Waals surface area contributed by atoms with Crippen molar-refractivity contribution in [2.24, 2.45) is 0 Å². The van der Waals surface area contributed by atoms with E-state index in [-0.39, 0.29) is 21.2 Å². The number of pyridine rings is 1. The van der Waals surface area contributed by atoms with Crippen molar-refractivity contribution in [3.05, 3.63) is 65.3 Å². The van der Waals surface area contributed by atoms with Gasteiger partial charge in [0.15, 0.2) is 0 Å². The Labute approximate surface area is 142 Å². The van der Waals surface area contributed by atoms with Gasteiger partial charge in [-0.25, -0.2) is 13.2 Å². The van der Waals surface area contributed by atoms with Crippen molar-refractivity contribution in [2.45, 2.75) is 4.90 Å². The monoisotopic (exact) mass is 362 g/mol. The molecule has 0 saturated carbocycles. The van der Waals surface area contributed by atoms with Crippen molar-refractivity contribution in [3.8, 4) is 0 Å². The van der Waals surface area contributed by atoms with Crippen LogP contribution in [0.3, 0.4) is 0 Å². The molecule has 1 heterocycles. The maximum atomic E-state index is 12.7. The molecule has 2 aromatic carbocycles. The van der Waals surface area contributed by atoms with Crippen LogP contribution in [0.15, 0.2) is 59.6 Å². The molecular formula is C16H11ClN2O4S. The van der Waals surface area contributed by atoms with E-state index in [0.29, 0.717) is 10.9 Å². The number of nitrogens with zero attached hydrogens (tertiary/aromatic N) is 1. The van der Waals surface area contributed by atoms with Crippen LogP contribution in [0.4, 0.5) is 5.69 Å². The number of fused-ring (bicyclic) bond motifs is 1. The average molecular weight is 363 g/mol. The summed E-state index contributed by atoms with van der Waals surface area (Å²) in [5, 5.41) is 9.85. The molecule has 0 saturated heterocycles. The van der Waals surface area contributed by atoms with Gasteiger partial charge in [-0.15, -0.1) is 0 Å². The fourth-order valence-electron chi connectivity index (χ4n) is 2.32. The summed E-state index contributed by atoms with van der Waals surface area (Å²) in [6, 6.07) is 12.4. The van der Waals surface area contributed by atoms with Gasteiger partial charge in [-0.2, -0.15) is 0 Å². The summed E-state index contributed by atoms with van der Waals surface area (Å²) in [5.41, 5.74) is -0.120. The molecule has 8 heteroatoms. The number of nitrogens with one attached hydrogen (secondary N) is 1. The van der Waals surface area contributed by atoms with Crippen LogP contribution in [0.1, 0.15) is 10.4 Å². The zero-order chi connectivity index (χ0) is 17.3. The minimum Gasteiger partial charge on any atom is -0.478 e. The first-order valence-electron chi connectivity index (χ1n) is 6.78. The Bertz CT molecular complexity index is 1050. The standard InChI is InChI=1S/C16H11ClN2O4S/c17-11-6-2-7-12(14(11)16(20)21)19-24(22,23)13-8-1-4-10-5-3-9-18-15(10)13/h1-9,19H,(H,20,21).